The van der Waals surface area contributed by atoms with Crippen LogP contribution in [0, 0.1) is 0 Å². The van der Waals surface area contributed by atoms with Crippen LogP contribution in [0.5, 0.6) is 11.5 Å². The van der Waals surface area contributed by atoms with Crippen molar-refractivity contribution in [1.29, 1.82) is 0 Å². The quantitative estimate of drug-likeness (QED) is 0.614. The van der Waals surface area contributed by atoms with Crippen LogP contribution < -0.4 is 9.47 Å². The molecule has 6 heteroatoms. The van der Waals surface area contributed by atoms with E-state index in [9.17, 15) is 10.2 Å². The van der Waals surface area contributed by atoms with E-state index in [2.05, 4.69) is 16.4 Å². The molecule has 0 saturated carbocycles. The van der Waals surface area contributed by atoms with Gasteiger partial charge in [0.2, 0.25) is 0 Å². The molecule has 1 unspecified atom stereocenters. The first-order valence-corrected chi connectivity index (χ1v) is 9.19. The maximum atomic E-state index is 10.3. The molecule has 2 rings (SSSR count). The summed E-state index contributed by atoms with van der Waals surface area (Å²) in [6.07, 6.45) is 2.64. The third kappa shape index (κ3) is 6.61. The van der Waals surface area contributed by atoms with Gasteiger partial charge in [-0.1, -0.05) is 6.08 Å². The van der Waals surface area contributed by atoms with E-state index < -0.39 is 6.10 Å². The summed E-state index contributed by atoms with van der Waals surface area (Å²) < 4.78 is 11.2. The zero-order valence-corrected chi connectivity index (χ0v) is 15.9. The van der Waals surface area contributed by atoms with Crippen molar-refractivity contribution in [3.63, 3.8) is 0 Å². The molecule has 1 fully saturated rings. The topological polar surface area (TPSA) is 65.4 Å². The lowest BCUT2D eigenvalue weighted by atomic mass is 10.1. The van der Waals surface area contributed by atoms with E-state index in [0.717, 1.165) is 49.5 Å². The lowest BCUT2D eigenvalue weighted by Crippen LogP contribution is -2.41. The summed E-state index contributed by atoms with van der Waals surface area (Å²) in [5.41, 5.74) is 1.02. The Bertz CT molecular complexity index is 559. The fourth-order valence-electron chi connectivity index (χ4n) is 3.16. The van der Waals surface area contributed by atoms with Gasteiger partial charge < -0.3 is 24.6 Å². The molecular weight excluding hydrogens is 332 g/mol. The van der Waals surface area contributed by atoms with Crippen LogP contribution in [0.3, 0.4) is 0 Å². The van der Waals surface area contributed by atoms with Crippen LogP contribution in [-0.2, 0) is 6.54 Å². The molecule has 146 valence electrons. The van der Waals surface area contributed by atoms with Crippen molar-refractivity contribution in [3.8, 4) is 11.5 Å². The average molecular weight is 364 g/mol. The van der Waals surface area contributed by atoms with Crippen molar-refractivity contribution in [2.24, 2.45) is 0 Å². The summed E-state index contributed by atoms with van der Waals surface area (Å²) in [6.45, 7) is 7.69. The molecule has 0 aliphatic carbocycles. The van der Waals surface area contributed by atoms with E-state index in [4.69, 9.17) is 9.47 Å². The molecule has 2 N–H and O–H groups in total. The second-order valence-corrected chi connectivity index (χ2v) is 6.96. The summed E-state index contributed by atoms with van der Waals surface area (Å²) >= 11 is 0. The van der Waals surface area contributed by atoms with E-state index in [0.29, 0.717) is 13.1 Å². The Morgan fingerprint density at radius 2 is 2.12 bits per heavy atom. The lowest BCUT2D eigenvalue weighted by molar-refractivity contribution is 0.0335. The highest BCUT2D eigenvalue weighted by Gasteiger charge is 2.20. The van der Waals surface area contributed by atoms with Crippen LogP contribution in [0.1, 0.15) is 18.4 Å². The largest absolute Gasteiger partial charge is 0.497 e. The molecule has 26 heavy (non-hydrogen) atoms. The number of aliphatic hydroxyl groups is 2. The SMILES string of the molecule is C=CCN(C)Cc1cc(OC)ccc1OCC(O)CN1CCC(O)CC1. The number of nitrogens with zero attached hydrogens (tertiary/aromatic N) is 2. The summed E-state index contributed by atoms with van der Waals surface area (Å²) in [4.78, 5) is 4.30. The minimum absolute atomic E-state index is 0.200. The number of methoxy groups -OCH3 is 1. The number of rotatable bonds is 10. The first-order valence-electron chi connectivity index (χ1n) is 9.19. The molecule has 1 atom stereocenters. The highest BCUT2D eigenvalue weighted by atomic mass is 16.5. The molecule has 1 aromatic rings. The molecule has 0 radical (unpaired) electrons. The number of aliphatic hydroxyl groups excluding tert-OH is 2. The number of β-amino-alcohol motifs (C(OH)–C–C–N with tert-alkyl or cyclic N) is 1. The van der Waals surface area contributed by atoms with Crippen LogP contribution in [-0.4, -0.2) is 79.2 Å². The maximum absolute atomic E-state index is 10.3. The van der Waals surface area contributed by atoms with Crippen molar-refractivity contribution in [2.45, 2.75) is 31.6 Å². The normalized spacial score (nSPS) is 17.3. The van der Waals surface area contributed by atoms with Gasteiger partial charge in [-0.15, -0.1) is 6.58 Å². The number of benzene rings is 1. The third-order valence-corrected chi connectivity index (χ3v) is 4.61. The van der Waals surface area contributed by atoms with Crippen molar-refractivity contribution in [2.75, 3.05) is 46.9 Å². The molecular formula is C20H32N2O4. The molecule has 1 aliphatic heterocycles. The van der Waals surface area contributed by atoms with E-state index in [1.165, 1.54) is 0 Å². The molecule has 0 aromatic heterocycles. The lowest BCUT2D eigenvalue weighted by Gasteiger charge is -2.31. The Labute approximate surface area is 156 Å². The van der Waals surface area contributed by atoms with Crippen LogP contribution in [0.4, 0.5) is 0 Å². The maximum Gasteiger partial charge on any atom is 0.124 e. The standard InChI is InChI=1S/C20H32N2O4/c1-4-9-21(2)13-16-12-19(25-3)5-6-20(16)26-15-18(24)14-22-10-7-17(23)8-11-22/h4-6,12,17-18,23-24H,1,7-11,13-15H2,2-3H3. The molecule has 1 saturated heterocycles. The number of likely N-dealkylation sites (tertiary alicyclic amines) is 1. The van der Waals surface area contributed by atoms with Gasteiger partial charge in [0.15, 0.2) is 0 Å². The van der Waals surface area contributed by atoms with Gasteiger partial charge in [-0.3, -0.25) is 4.90 Å². The summed E-state index contributed by atoms with van der Waals surface area (Å²) in [6, 6.07) is 5.72. The predicted molar refractivity (Wildman–Crippen MR) is 103 cm³/mol. The second kappa shape index (κ2) is 10.5. The monoisotopic (exact) mass is 364 g/mol. The molecule has 1 aromatic carbocycles. The number of hydrogen-bond donors (Lipinski definition) is 2. The van der Waals surface area contributed by atoms with Crippen LogP contribution in [0.15, 0.2) is 30.9 Å². The number of hydrogen-bond acceptors (Lipinski definition) is 6. The van der Waals surface area contributed by atoms with Crippen LogP contribution in [0.2, 0.25) is 0 Å². The zero-order valence-electron chi connectivity index (χ0n) is 15.9. The van der Waals surface area contributed by atoms with Crippen molar-refractivity contribution in [1.82, 2.24) is 9.80 Å². The van der Waals surface area contributed by atoms with E-state index in [-0.39, 0.29) is 12.7 Å². The predicted octanol–water partition coefficient (Wildman–Crippen LogP) is 1.51. The first kappa shape index (κ1) is 20.7. The number of likely N-dealkylation sites (N-methyl/N-ethyl adjacent to an activating group) is 1. The van der Waals surface area contributed by atoms with Gasteiger partial charge in [0.25, 0.3) is 0 Å². The summed E-state index contributed by atoms with van der Waals surface area (Å²) in [5, 5.41) is 19.9. The Morgan fingerprint density at radius 3 is 2.77 bits per heavy atom. The average Bonchev–Trinajstić information content (AvgIpc) is 2.62. The summed E-state index contributed by atoms with van der Waals surface area (Å²) in [5.74, 6) is 1.54. The van der Waals surface area contributed by atoms with Crippen LogP contribution in [0.25, 0.3) is 0 Å². The Morgan fingerprint density at radius 1 is 1.38 bits per heavy atom. The molecule has 0 bridgehead atoms. The van der Waals surface area contributed by atoms with Gasteiger partial charge in [0.05, 0.1) is 13.2 Å². The minimum atomic E-state index is -0.564. The van der Waals surface area contributed by atoms with Crippen molar-refractivity contribution >= 4 is 0 Å². The van der Waals surface area contributed by atoms with E-state index in [1.807, 2.05) is 31.3 Å². The number of ether oxygens (including phenoxy) is 2. The molecule has 6 nitrogen and oxygen atoms in total. The summed E-state index contributed by atoms with van der Waals surface area (Å²) in [7, 11) is 3.66. The first-order chi connectivity index (χ1) is 12.5. The second-order valence-electron chi connectivity index (χ2n) is 6.96. The smallest absolute Gasteiger partial charge is 0.124 e. The number of piperidine rings is 1. The minimum Gasteiger partial charge on any atom is -0.497 e. The fourth-order valence-corrected chi connectivity index (χ4v) is 3.16. The van der Waals surface area contributed by atoms with Gasteiger partial charge in [-0.2, -0.15) is 0 Å². The van der Waals surface area contributed by atoms with Crippen LogP contribution >= 0.6 is 0 Å². The molecule has 1 heterocycles. The van der Waals surface area contributed by atoms with E-state index in [1.54, 1.807) is 7.11 Å². The Kier molecular flexibility index (Phi) is 8.38. The van der Waals surface area contributed by atoms with E-state index >= 15 is 0 Å². The highest BCUT2D eigenvalue weighted by molar-refractivity contribution is 5.40. The molecule has 1 aliphatic rings. The van der Waals surface area contributed by atoms with Gasteiger partial charge in [0.1, 0.15) is 24.2 Å². The zero-order chi connectivity index (χ0) is 18.9. The highest BCUT2D eigenvalue weighted by Crippen LogP contribution is 2.25. The third-order valence-electron chi connectivity index (χ3n) is 4.61. The van der Waals surface area contributed by atoms with Gasteiger partial charge >= 0.3 is 0 Å². The van der Waals surface area contributed by atoms with Crippen molar-refractivity contribution < 1.29 is 19.7 Å². The molecule has 0 amide bonds. The molecule has 0 spiro atoms. The Balaban J connectivity index is 1.91. The Hall–Kier alpha value is -1.60. The van der Waals surface area contributed by atoms with Crippen molar-refractivity contribution in [3.05, 3.63) is 36.4 Å². The van der Waals surface area contributed by atoms with Gasteiger partial charge in [-0.05, 0) is 38.1 Å². The van der Waals surface area contributed by atoms with Gasteiger partial charge in [0, 0.05) is 38.3 Å². The van der Waals surface area contributed by atoms with Gasteiger partial charge in [-0.25, -0.2) is 0 Å². The fraction of sp³-hybridized carbons (Fsp3) is 0.600.